The molecule has 7 heteroatoms. The van der Waals surface area contributed by atoms with E-state index < -0.39 is 0 Å². The van der Waals surface area contributed by atoms with Crippen molar-refractivity contribution in [1.82, 2.24) is 15.0 Å². The minimum atomic E-state index is 0.240. The van der Waals surface area contributed by atoms with E-state index in [0.29, 0.717) is 23.3 Å². The number of benzene rings is 1. The van der Waals surface area contributed by atoms with Crippen LogP contribution < -0.4 is 15.4 Å². The second kappa shape index (κ2) is 6.01. The van der Waals surface area contributed by atoms with E-state index in [1.54, 1.807) is 6.07 Å². The van der Waals surface area contributed by atoms with Gasteiger partial charge in [-0.05, 0) is 24.3 Å². The summed E-state index contributed by atoms with van der Waals surface area (Å²) in [6.07, 6.45) is 0. The number of ether oxygens (including phenoxy) is 1. The lowest BCUT2D eigenvalue weighted by molar-refractivity contribution is 0.243. The fraction of sp³-hybridized carbons (Fsp3) is 0.429. The third-order valence-corrected chi connectivity index (χ3v) is 3.46. The molecule has 1 aliphatic rings. The summed E-state index contributed by atoms with van der Waals surface area (Å²) in [6.45, 7) is 4.06. The fourth-order valence-corrected chi connectivity index (χ4v) is 2.19. The van der Waals surface area contributed by atoms with Crippen LogP contribution in [0.5, 0.6) is 5.75 Å². The van der Waals surface area contributed by atoms with Crippen molar-refractivity contribution in [3.05, 3.63) is 30.2 Å². The van der Waals surface area contributed by atoms with Gasteiger partial charge >= 0.3 is 0 Å². The lowest BCUT2D eigenvalue weighted by Gasteiger charge is -2.31. The first-order valence-corrected chi connectivity index (χ1v) is 6.95. The highest BCUT2D eigenvalue weighted by atomic mass is 16.5. The van der Waals surface area contributed by atoms with Crippen LogP contribution in [-0.4, -0.2) is 48.3 Å². The molecule has 3 rings (SSSR count). The number of aromatic nitrogens is 2. The van der Waals surface area contributed by atoms with Crippen molar-refractivity contribution in [2.45, 2.75) is 6.61 Å². The largest absolute Gasteiger partial charge is 0.484 e. The van der Waals surface area contributed by atoms with Gasteiger partial charge in [0, 0.05) is 37.9 Å². The van der Waals surface area contributed by atoms with Crippen molar-refractivity contribution >= 4 is 11.6 Å². The maximum Gasteiger partial charge on any atom is 0.266 e. The Labute approximate surface area is 123 Å². The summed E-state index contributed by atoms with van der Waals surface area (Å²) in [6, 6.07) is 7.25. The molecule has 0 unspecified atom stereocenters. The molecule has 0 bridgehead atoms. The Morgan fingerprint density at radius 2 is 2.10 bits per heavy atom. The van der Waals surface area contributed by atoms with Crippen molar-refractivity contribution in [2.75, 3.05) is 43.9 Å². The third-order valence-electron chi connectivity index (χ3n) is 3.46. The molecule has 0 spiro atoms. The number of hydrogen-bond donors (Lipinski definition) is 1. The topological polar surface area (TPSA) is 80.7 Å². The normalized spacial score (nSPS) is 16.1. The van der Waals surface area contributed by atoms with E-state index in [4.69, 9.17) is 15.0 Å². The van der Waals surface area contributed by atoms with Crippen LogP contribution in [0.15, 0.2) is 28.8 Å². The Morgan fingerprint density at radius 1 is 1.29 bits per heavy atom. The first-order chi connectivity index (χ1) is 10.2. The highest BCUT2D eigenvalue weighted by Gasteiger charge is 2.19. The van der Waals surface area contributed by atoms with E-state index in [-0.39, 0.29) is 6.61 Å². The van der Waals surface area contributed by atoms with Gasteiger partial charge in [0.05, 0.1) is 0 Å². The van der Waals surface area contributed by atoms with Crippen LogP contribution >= 0.6 is 0 Å². The Kier molecular flexibility index (Phi) is 3.92. The van der Waals surface area contributed by atoms with Gasteiger partial charge in [-0.1, -0.05) is 6.07 Å². The van der Waals surface area contributed by atoms with Crippen LogP contribution in [0.4, 0.5) is 11.6 Å². The molecule has 7 nitrogen and oxygen atoms in total. The number of piperazine rings is 1. The van der Waals surface area contributed by atoms with Gasteiger partial charge in [-0.25, -0.2) is 0 Å². The van der Waals surface area contributed by atoms with Crippen molar-refractivity contribution in [3.63, 3.8) is 0 Å². The Morgan fingerprint density at radius 3 is 2.86 bits per heavy atom. The summed E-state index contributed by atoms with van der Waals surface area (Å²) < 4.78 is 10.8. The molecule has 0 atom stereocenters. The second-order valence-electron chi connectivity index (χ2n) is 5.14. The number of likely N-dealkylation sites (N-methyl/N-ethyl adjacent to an activating group) is 1. The van der Waals surface area contributed by atoms with Crippen LogP contribution in [0, 0.1) is 0 Å². The first-order valence-electron chi connectivity index (χ1n) is 6.95. The highest BCUT2D eigenvalue weighted by molar-refractivity contribution is 5.43. The number of hydrogen-bond acceptors (Lipinski definition) is 7. The van der Waals surface area contributed by atoms with Gasteiger partial charge in [-0.3, -0.25) is 0 Å². The van der Waals surface area contributed by atoms with Crippen molar-refractivity contribution < 1.29 is 9.26 Å². The van der Waals surface area contributed by atoms with E-state index in [0.717, 1.165) is 26.2 Å². The maximum atomic E-state index is 5.70. The number of rotatable bonds is 4. The predicted octanol–water partition coefficient (Wildman–Crippen LogP) is 0.983. The molecule has 1 aromatic carbocycles. The predicted molar refractivity (Wildman–Crippen MR) is 79.2 cm³/mol. The summed E-state index contributed by atoms with van der Waals surface area (Å²) in [4.78, 5) is 8.77. The van der Waals surface area contributed by atoms with Crippen LogP contribution in [0.25, 0.3) is 0 Å². The summed E-state index contributed by atoms with van der Waals surface area (Å²) in [5, 5.41) is 4.01. The number of nitrogen functional groups attached to an aromatic ring is 1. The van der Waals surface area contributed by atoms with Crippen LogP contribution in [0.3, 0.4) is 0 Å². The minimum absolute atomic E-state index is 0.240. The van der Waals surface area contributed by atoms with E-state index in [9.17, 15) is 0 Å². The quantitative estimate of drug-likeness (QED) is 0.840. The molecule has 0 aliphatic carbocycles. The second-order valence-corrected chi connectivity index (χ2v) is 5.14. The molecule has 2 aromatic rings. The minimum Gasteiger partial charge on any atom is -0.484 e. The number of anilines is 2. The molecule has 0 saturated carbocycles. The molecule has 1 aromatic heterocycles. The van der Waals surface area contributed by atoms with Gasteiger partial charge in [-0.2, -0.15) is 4.98 Å². The van der Waals surface area contributed by atoms with Gasteiger partial charge in [0.15, 0.2) is 6.61 Å². The average molecular weight is 289 g/mol. The molecular weight excluding hydrogens is 270 g/mol. The third kappa shape index (κ3) is 3.43. The van der Waals surface area contributed by atoms with Crippen LogP contribution in [0.2, 0.25) is 0 Å². The molecule has 1 saturated heterocycles. The lowest BCUT2D eigenvalue weighted by Crippen LogP contribution is -2.44. The number of nitrogens with zero attached hydrogens (tertiary/aromatic N) is 4. The van der Waals surface area contributed by atoms with Crippen molar-refractivity contribution in [2.24, 2.45) is 0 Å². The van der Waals surface area contributed by atoms with Crippen molar-refractivity contribution in [3.8, 4) is 5.75 Å². The smallest absolute Gasteiger partial charge is 0.266 e. The zero-order chi connectivity index (χ0) is 14.7. The molecule has 1 fully saturated rings. The fourth-order valence-electron chi connectivity index (χ4n) is 2.19. The lowest BCUT2D eigenvalue weighted by atomic mass is 10.3. The van der Waals surface area contributed by atoms with Crippen LogP contribution in [-0.2, 0) is 6.61 Å². The average Bonchev–Trinajstić information content (AvgIpc) is 2.95. The van der Waals surface area contributed by atoms with Gasteiger partial charge in [0.25, 0.3) is 11.8 Å². The summed E-state index contributed by atoms with van der Waals surface area (Å²) in [7, 11) is 2.11. The standard InChI is InChI=1S/C14H19N5O2/c1-18-5-7-19(8-6-18)14-16-13(21-17-14)10-20-12-4-2-3-11(15)9-12/h2-4,9H,5-8,10,15H2,1H3. The van der Waals surface area contributed by atoms with Gasteiger partial charge < -0.3 is 24.8 Å². The maximum absolute atomic E-state index is 5.70. The Hall–Kier alpha value is -2.28. The molecule has 2 heterocycles. The zero-order valence-electron chi connectivity index (χ0n) is 12.0. The molecule has 21 heavy (non-hydrogen) atoms. The molecule has 1 aliphatic heterocycles. The summed E-state index contributed by atoms with van der Waals surface area (Å²) in [5.74, 6) is 1.79. The molecule has 0 radical (unpaired) electrons. The highest BCUT2D eigenvalue weighted by Crippen LogP contribution is 2.17. The van der Waals surface area contributed by atoms with Gasteiger partial charge in [-0.15, -0.1) is 0 Å². The molecule has 0 amide bonds. The van der Waals surface area contributed by atoms with E-state index in [1.807, 2.05) is 18.2 Å². The number of nitrogens with two attached hydrogens (primary N) is 1. The van der Waals surface area contributed by atoms with E-state index in [2.05, 4.69) is 27.0 Å². The van der Waals surface area contributed by atoms with Crippen LogP contribution in [0.1, 0.15) is 5.89 Å². The summed E-state index contributed by atoms with van der Waals surface area (Å²) >= 11 is 0. The molecule has 2 N–H and O–H groups in total. The van der Waals surface area contributed by atoms with E-state index in [1.165, 1.54) is 0 Å². The monoisotopic (exact) mass is 289 g/mol. The van der Waals surface area contributed by atoms with Gasteiger partial charge in [0.2, 0.25) is 0 Å². The zero-order valence-corrected chi connectivity index (χ0v) is 12.0. The Bertz CT molecular complexity index is 593. The molecule has 112 valence electrons. The Balaban J connectivity index is 1.58. The SMILES string of the molecule is CN1CCN(c2noc(COc3cccc(N)c3)n2)CC1. The van der Waals surface area contributed by atoms with Crippen molar-refractivity contribution in [1.29, 1.82) is 0 Å². The summed E-state index contributed by atoms with van der Waals surface area (Å²) in [5.41, 5.74) is 6.36. The van der Waals surface area contributed by atoms with E-state index >= 15 is 0 Å². The van der Waals surface area contributed by atoms with Gasteiger partial charge in [0.1, 0.15) is 5.75 Å². The molecular formula is C14H19N5O2. The first kappa shape index (κ1) is 13.7.